The van der Waals surface area contributed by atoms with Crippen molar-refractivity contribution < 1.29 is 13.5 Å². The molecule has 1 unspecified atom stereocenters. The van der Waals surface area contributed by atoms with E-state index >= 15 is 4.39 Å². The van der Waals surface area contributed by atoms with Gasteiger partial charge in [-0.05, 0) is 68.1 Å². The summed E-state index contributed by atoms with van der Waals surface area (Å²) in [6.07, 6.45) is 6.11. The van der Waals surface area contributed by atoms with Crippen molar-refractivity contribution in [2.45, 2.75) is 31.8 Å². The number of aromatic nitrogens is 3. The first-order valence-electron chi connectivity index (χ1n) is 13.0. The third kappa shape index (κ3) is 4.25. The molecule has 0 radical (unpaired) electrons. The standard InChI is InChI=1S/C29H28F2N6O/c1-38-22-10-14-36(18-22)21-7-8-25(24(31)16-21)37-28(19-5-6-20(17-32)23(30)15-19)34-27-26(9-11-33-29(27)37)35-12-3-2-4-13-35/h5-9,11,15-16,22H,2-4,10,12-14,18H2,1H3. The number of ether oxygens (including phenoxy) is 1. The molecule has 0 saturated carbocycles. The maximum atomic E-state index is 15.9. The number of nitrogens with zero attached hydrogens (tertiary/aromatic N) is 6. The van der Waals surface area contributed by atoms with Crippen LogP contribution in [0.1, 0.15) is 31.2 Å². The van der Waals surface area contributed by atoms with Crippen molar-refractivity contribution in [3.05, 3.63) is 65.9 Å². The molecule has 0 amide bonds. The highest BCUT2D eigenvalue weighted by Gasteiger charge is 2.26. The molecule has 0 N–H and O–H groups in total. The Kier molecular flexibility index (Phi) is 6.42. The predicted octanol–water partition coefficient (Wildman–Crippen LogP) is 5.45. The molecule has 4 heterocycles. The first-order valence-corrected chi connectivity index (χ1v) is 13.0. The van der Waals surface area contributed by atoms with Crippen molar-refractivity contribution in [2.75, 3.05) is 43.1 Å². The van der Waals surface area contributed by atoms with E-state index in [0.29, 0.717) is 29.1 Å². The van der Waals surface area contributed by atoms with E-state index in [1.54, 1.807) is 30.0 Å². The summed E-state index contributed by atoms with van der Waals surface area (Å²) in [5.74, 6) is -0.707. The topological polar surface area (TPSA) is 70.2 Å². The highest BCUT2D eigenvalue weighted by Crippen LogP contribution is 2.35. The smallest absolute Gasteiger partial charge is 0.167 e. The van der Waals surface area contributed by atoms with Crippen LogP contribution >= 0.6 is 0 Å². The van der Waals surface area contributed by atoms with Crippen LogP contribution in [-0.2, 0) is 4.74 Å². The van der Waals surface area contributed by atoms with Crippen LogP contribution in [-0.4, -0.2) is 53.9 Å². The van der Waals surface area contributed by atoms with E-state index in [4.69, 9.17) is 9.72 Å². The van der Waals surface area contributed by atoms with E-state index in [1.165, 1.54) is 24.6 Å². The Labute approximate surface area is 219 Å². The fraction of sp³-hybridized carbons (Fsp3) is 0.345. The summed E-state index contributed by atoms with van der Waals surface area (Å²) >= 11 is 0. The van der Waals surface area contributed by atoms with Gasteiger partial charge in [0.15, 0.2) is 5.65 Å². The van der Waals surface area contributed by atoms with Crippen molar-refractivity contribution in [1.29, 1.82) is 5.26 Å². The average Bonchev–Trinajstić information content (AvgIpc) is 3.59. The number of methoxy groups -OCH3 is 1. The first-order chi connectivity index (χ1) is 18.6. The highest BCUT2D eigenvalue weighted by atomic mass is 19.1. The summed E-state index contributed by atoms with van der Waals surface area (Å²) in [6.45, 7) is 3.32. The van der Waals surface area contributed by atoms with Gasteiger partial charge in [-0.1, -0.05) is 0 Å². The van der Waals surface area contributed by atoms with Crippen LogP contribution in [0.3, 0.4) is 0 Å². The molecule has 0 spiro atoms. The summed E-state index contributed by atoms with van der Waals surface area (Å²) in [6, 6.07) is 13.3. The number of fused-ring (bicyclic) bond motifs is 1. The van der Waals surface area contributed by atoms with Gasteiger partial charge in [0, 0.05) is 50.7 Å². The summed E-state index contributed by atoms with van der Waals surface area (Å²) < 4.78 is 37.7. The van der Waals surface area contributed by atoms with Gasteiger partial charge in [-0.15, -0.1) is 0 Å². The van der Waals surface area contributed by atoms with Gasteiger partial charge in [0.1, 0.15) is 29.0 Å². The summed E-state index contributed by atoms with van der Waals surface area (Å²) in [5, 5.41) is 9.20. The molecule has 0 aliphatic carbocycles. The largest absolute Gasteiger partial charge is 0.380 e. The van der Waals surface area contributed by atoms with Crippen LogP contribution in [0, 0.1) is 23.0 Å². The Hall–Kier alpha value is -4.03. The van der Waals surface area contributed by atoms with E-state index in [1.807, 2.05) is 18.2 Å². The number of benzene rings is 2. The molecule has 7 nitrogen and oxygen atoms in total. The SMILES string of the molecule is COC1CCN(c2ccc(-n3c(-c4ccc(C#N)c(F)c4)nc4c(N5CCCCC5)ccnc43)c(F)c2)C1. The molecule has 38 heavy (non-hydrogen) atoms. The van der Waals surface area contributed by atoms with Gasteiger partial charge in [-0.25, -0.2) is 18.7 Å². The molecule has 6 rings (SSSR count). The molecule has 2 fully saturated rings. The number of nitriles is 1. The molecule has 2 aromatic carbocycles. The van der Waals surface area contributed by atoms with Crippen molar-refractivity contribution in [2.24, 2.45) is 0 Å². The number of imidazole rings is 1. The zero-order valence-corrected chi connectivity index (χ0v) is 21.2. The van der Waals surface area contributed by atoms with Crippen molar-refractivity contribution >= 4 is 22.5 Å². The number of halogens is 2. The Morgan fingerprint density at radius 3 is 2.50 bits per heavy atom. The first kappa shape index (κ1) is 24.3. The van der Waals surface area contributed by atoms with Gasteiger partial charge < -0.3 is 14.5 Å². The van der Waals surface area contributed by atoms with Crippen molar-refractivity contribution in [3.8, 4) is 23.1 Å². The van der Waals surface area contributed by atoms with Crippen LogP contribution in [0.25, 0.3) is 28.2 Å². The fourth-order valence-electron chi connectivity index (χ4n) is 5.55. The van der Waals surface area contributed by atoms with Gasteiger partial charge in [0.25, 0.3) is 0 Å². The maximum absolute atomic E-state index is 15.9. The van der Waals surface area contributed by atoms with Gasteiger partial charge in [-0.3, -0.25) is 4.57 Å². The van der Waals surface area contributed by atoms with Crippen LogP contribution in [0.4, 0.5) is 20.2 Å². The summed E-state index contributed by atoms with van der Waals surface area (Å²) in [4.78, 5) is 13.9. The molecule has 9 heteroatoms. The Morgan fingerprint density at radius 1 is 0.947 bits per heavy atom. The number of hydrogen-bond acceptors (Lipinski definition) is 6. The van der Waals surface area contributed by atoms with Crippen LogP contribution in [0.15, 0.2) is 48.7 Å². The van der Waals surface area contributed by atoms with E-state index in [0.717, 1.165) is 50.3 Å². The molecule has 194 valence electrons. The van der Waals surface area contributed by atoms with Gasteiger partial charge in [-0.2, -0.15) is 5.26 Å². The lowest BCUT2D eigenvalue weighted by molar-refractivity contribution is 0.121. The lowest BCUT2D eigenvalue weighted by atomic mass is 10.1. The zero-order valence-electron chi connectivity index (χ0n) is 21.2. The second kappa shape index (κ2) is 10.0. The minimum atomic E-state index is -0.648. The Bertz CT molecular complexity index is 1540. The van der Waals surface area contributed by atoms with E-state index in [2.05, 4.69) is 14.8 Å². The van der Waals surface area contributed by atoms with Crippen LogP contribution in [0.5, 0.6) is 0 Å². The summed E-state index contributed by atoms with van der Waals surface area (Å²) in [7, 11) is 1.70. The van der Waals surface area contributed by atoms with Crippen molar-refractivity contribution in [1.82, 2.24) is 14.5 Å². The molecule has 0 bridgehead atoms. The van der Waals surface area contributed by atoms with E-state index in [-0.39, 0.29) is 17.4 Å². The van der Waals surface area contributed by atoms with Gasteiger partial charge >= 0.3 is 0 Å². The summed E-state index contributed by atoms with van der Waals surface area (Å²) in [5.41, 5.74) is 3.52. The molecule has 2 aromatic heterocycles. The number of pyridine rings is 1. The predicted molar refractivity (Wildman–Crippen MR) is 143 cm³/mol. The quantitative estimate of drug-likeness (QED) is 0.353. The Morgan fingerprint density at radius 2 is 1.79 bits per heavy atom. The molecule has 4 aromatic rings. The molecule has 2 aliphatic rings. The molecular formula is C29H28F2N6O. The molecular weight excluding hydrogens is 486 g/mol. The van der Waals surface area contributed by atoms with Crippen LogP contribution in [0.2, 0.25) is 0 Å². The number of anilines is 2. The maximum Gasteiger partial charge on any atom is 0.167 e. The van der Waals surface area contributed by atoms with Gasteiger partial charge in [0.2, 0.25) is 0 Å². The van der Waals surface area contributed by atoms with Gasteiger partial charge in [0.05, 0.1) is 23.0 Å². The number of rotatable bonds is 5. The molecule has 2 saturated heterocycles. The fourth-order valence-corrected chi connectivity index (χ4v) is 5.55. The minimum absolute atomic E-state index is 0.0564. The third-order valence-corrected chi connectivity index (χ3v) is 7.59. The second-order valence-electron chi connectivity index (χ2n) is 9.86. The minimum Gasteiger partial charge on any atom is -0.380 e. The molecule has 2 aliphatic heterocycles. The lowest BCUT2D eigenvalue weighted by Gasteiger charge is -2.28. The Balaban J connectivity index is 1.51. The number of hydrogen-bond donors (Lipinski definition) is 0. The second-order valence-corrected chi connectivity index (χ2v) is 9.86. The van der Waals surface area contributed by atoms with Crippen LogP contribution < -0.4 is 9.80 Å². The average molecular weight is 515 g/mol. The van der Waals surface area contributed by atoms with Crippen molar-refractivity contribution in [3.63, 3.8) is 0 Å². The van der Waals surface area contributed by atoms with E-state index in [9.17, 15) is 9.65 Å². The number of piperidine rings is 1. The lowest BCUT2D eigenvalue weighted by Crippen LogP contribution is -2.29. The van der Waals surface area contributed by atoms with E-state index < -0.39 is 11.6 Å². The third-order valence-electron chi connectivity index (χ3n) is 7.59. The zero-order chi connectivity index (χ0) is 26.2. The highest BCUT2D eigenvalue weighted by molar-refractivity contribution is 5.90. The normalized spacial score (nSPS) is 17.8. The monoisotopic (exact) mass is 514 g/mol. The molecule has 1 atom stereocenters.